The molecule has 0 bridgehead atoms. The van der Waals surface area contributed by atoms with Crippen LogP contribution in [0.3, 0.4) is 0 Å². The van der Waals surface area contributed by atoms with Crippen LogP contribution < -0.4 is 11.1 Å². The normalized spacial score (nSPS) is 12.8. The average Bonchev–Trinajstić information content (AvgIpc) is 2.71. The molecule has 8 heteroatoms. The Bertz CT molecular complexity index is 1170. The quantitative estimate of drug-likeness (QED) is 0.495. The molecule has 1 heterocycles. The Morgan fingerprint density at radius 2 is 1.90 bits per heavy atom. The first-order valence-electron chi connectivity index (χ1n) is 8.97. The number of aromatic nitrogens is 1. The monoisotopic (exact) mass is 412 g/mol. The maximum Gasteiger partial charge on any atom is 0.430 e. The molecule has 0 fully saturated rings. The summed E-state index contributed by atoms with van der Waals surface area (Å²) in [5, 5.41) is 3.15. The number of allylic oxidation sites excluding steroid dienone is 1. The third-order valence-corrected chi connectivity index (χ3v) is 4.40. The zero-order valence-corrected chi connectivity index (χ0v) is 16.3. The minimum absolute atomic E-state index is 0.235. The number of amidine groups is 1. The number of nitrogens with zero attached hydrogens (tertiary/aromatic N) is 2. The number of aliphatic imine (C=N–C) groups is 1. The van der Waals surface area contributed by atoms with Gasteiger partial charge >= 0.3 is 6.18 Å². The van der Waals surface area contributed by atoms with E-state index in [1.165, 1.54) is 7.05 Å². The van der Waals surface area contributed by atoms with Gasteiger partial charge in [-0.2, -0.15) is 13.2 Å². The topological polar surface area (TPSA) is 80.4 Å². The van der Waals surface area contributed by atoms with Crippen molar-refractivity contribution >= 4 is 22.6 Å². The van der Waals surface area contributed by atoms with Gasteiger partial charge in [0.1, 0.15) is 11.5 Å². The van der Waals surface area contributed by atoms with Crippen LogP contribution in [0.5, 0.6) is 0 Å². The molecular formula is C22H19F3N4O. The van der Waals surface area contributed by atoms with Crippen LogP contribution in [0, 0.1) is 6.92 Å². The number of hydrogen-bond acceptors (Lipinski definition) is 4. The third kappa shape index (κ3) is 4.83. The molecular weight excluding hydrogens is 393 g/mol. The van der Waals surface area contributed by atoms with Gasteiger partial charge in [-0.25, -0.2) is 0 Å². The van der Waals surface area contributed by atoms with Crippen LogP contribution in [-0.4, -0.2) is 30.0 Å². The van der Waals surface area contributed by atoms with Crippen LogP contribution >= 0.6 is 0 Å². The van der Waals surface area contributed by atoms with E-state index < -0.39 is 17.8 Å². The van der Waals surface area contributed by atoms with Crippen molar-refractivity contribution in [3.63, 3.8) is 0 Å². The molecule has 0 aliphatic heterocycles. The van der Waals surface area contributed by atoms with Crippen molar-refractivity contribution in [1.29, 1.82) is 0 Å². The second kappa shape index (κ2) is 8.36. The highest BCUT2D eigenvalue weighted by molar-refractivity contribution is 6.11. The second-order valence-corrected chi connectivity index (χ2v) is 6.66. The molecule has 3 rings (SSSR count). The van der Waals surface area contributed by atoms with E-state index in [4.69, 9.17) is 5.73 Å². The van der Waals surface area contributed by atoms with Gasteiger partial charge in [-0.1, -0.05) is 35.9 Å². The highest BCUT2D eigenvalue weighted by Crippen LogP contribution is 2.24. The number of hydrogen-bond donors (Lipinski definition) is 2. The van der Waals surface area contributed by atoms with E-state index in [9.17, 15) is 18.0 Å². The number of halogens is 3. The number of nitrogens with one attached hydrogen (secondary N) is 1. The predicted molar refractivity (Wildman–Crippen MR) is 111 cm³/mol. The van der Waals surface area contributed by atoms with Crippen molar-refractivity contribution in [2.45, 2.75) is 13.1 Å². The smallest absolute Gasteiger partial charge is 0.395 e. The molecule has 5 nitrogen and oxygen atoms in total. The fourth-order valence-corrected chi connectivity index (χ4v) is 2.82. The maximum absolute atomic E-state index is 12.6. The van der Waals surface area contributed by atoms with E-state index in [-0.39, 0.29) is 11.4 Å². The van der Waals surface area contributed by atoms with E-state index in [1.807, 2.05) is 31.2 Å². The van der Waals surface area contributed by atoms with E-state index in [0.717, 1.165) is 22.1 Å². The molecule has 3 N–H and O–H groups in total. The summed E-state index contributed by atoms with van der Waals surface area (Å²) in [7, 11) is 1.25. The predicted octanol–water partition coefficient (Wildman–Crippen LogP) is 4.37. The van der Waals surface area contributed by atoms with E-state index in [2.05, 4.69) is 21.4 Å². The Morgan fingerprint density at radius 3 is 2.57 bits per heavy atom. The van der Waals surface area contributed by atoms with Gasteiger partial charge in [-0.15, -0.1) is 0 Å². The summed E-state index contributed by atoms with van der Waals surface area (Å²) in [5.74, 6) is -0.911. The van der Waals surface area contributed by atoms with Gasteiger partial charge < -0.3 is 11.1 Å². The summed E-state index contributed by atoms with van der Waals surface area (Å²) < 4.78 is 37.8. The molecule has 1 aromatic heterocycles. The fourth-order valence-electron chi connectivity index (χ4n) is 2.82. The van der Waals surface area contributed by atoms with Crippen molar-refractivity contribution < 1.29 is 18.0 Å². The van der Waals surface area contributed by atoms with Crippen LogP contribution in [0.15, 0.2) is 71.5 Å². The minimum atomic E-state index is -4.71. The van der Waals surface area contributed by atoms with Gasteiger partial charge in [0, 0.05) is 35.8 Å². The van der Waals surface area contributed by atoms with Crippen molar-refractivity contribution in [2.75, 3.05) is 7.05 Å². The largest absolute Gasteiger partial charge is 0.430 e. The summed E-state index contributed by atoms with van der Waals surface area (Å²) >= 11 is 0. The fraction of sp³-hybridized carbons (Fsp3) is 0.136. The molecule has 0 saturated carbocycles. The number of rotatable bonds is 3. The lowest BCUT2D eigenvalue weighted by molar-refractivity contribution is -0.0925. The van der Waals surface area contributed by atoms with Gasteiger partial charge in [0.15, 0.2) is 0 Å². The molecule has 3 aromatic rings. The van der Waals surface area contributed by atoms with Gasteiger partial charge in [0.25, 0.3) is 5.91 Å². The van der Waals surface area contributed by atoms with Gasteiger partial charge in [0.2, 0.25) is 0 Å². The Labute approximate surface area is 171 Å². The first-order chi connectivity index (χ1) is 14.2. The molecule has 0 aliphatic rings. The number of carbonyl (C=O) groups is 1. The maximum atomic E-state index is 12.6. The van der Waals surface area contributed by atoms with E-state index in [1.54, 1.807) is 24.4 Å². The molecule has 154 valence electrons. The standard InChI is InChI=1S/C22H19F3N4O/c1-13-4-3-5-14(8-13)17-9-15-6-7-16(10-18(15)28-12-17)21(30)29-20(27-2)11-19(26)22(23,24)25/h3-12H,26H2,1-2H3,(H,27,29,30)/b19-11-. The molecule has 1 amide bonds. The number of alkyl halides is 3. The number of pyridine rings is 1. The SMILES string of the molecule is CN=C(/C=C(\N)C(F)(F)F)NC(=O)c1ccc2cc(-c3cccc(C)c3)cnc2c1. The number of aryl methyl sites for hydroxylation is 1. The average molecular weight is 412 g/mol. The van der Waals surface area contributed by atoms with Crippen molar-refractivity contribution in [3.8, 4) is 11.1 Å². The molecule has 0 unspecified atom stereocenters. The highest BCUT2D eigenvalue weighted by Gasteiger charge is 2.31. The summed E-state index contributed by atoms with van der Waals surface area (Å²) in [4.78, 5) is 20.5. The van der Waals surface area contributed by atoms with Gasteiger partial charge in [0.05, 0.1) is 5.52 Å². The zero-order valence-electron chi connectivity index (χ0n) is 16.3. The summed E-state index contributed by atoms with van der Waals surface area (Å²) in [6.45, 7) is 2.01. The number of amides is 1. The molecule has 2 aromatic carbocycles. The van der Waals surface area contributed by atoms with Crippen LogP contribution in [0.1, 0.15) is 15.9 Å². The Morgan fingerprint density at radius 1 is 1.13 bits per heavy atom. The summed E-state index contributed by atoms with van der Waals surface area (Å²) in [6, 6.07) is 14.9. The van der Waals surface area contributed by atoms with Crippen LogP contribution in [0.2, 0.25) is 0 Å². The second-order valence-electron chi connectivity index (χ2n) is 6.66. The lowest BCUT2D eigenvalue weighted by Crippen LogP contribution is -2.31. The number of carbonyl (C=O) groups excluding carboxylic acids is 1. The summed E-state index contributed by atoms with van der Waals surface area (Å²) in [6.07, 6.45) is -2.42. The van der Waals surface area contributed by atoms with Crippen molar-refractivity contribution in [2.24, 2.45) is 10.7 Å². The number of benzene rings is 2. The van der Waals surface area contributed by atoms with Crippen LogP contribution in [0.25, 0.3) is 22.0 Å². The van der Waals surface area contributed by atoms with Crippen LogP contribution in [-0.2, 0) is 0 Å². The Balaban J connectivity index is 1.85. The molecule has 0 spiro atoms. The Kier molecular flexibility index (Phi) is 5.86. The molecule has 0 atom stereocenters. The third-order valence-electron chi connectivity index (χ3n) is 4.40. The minimum Gasteiger partial charge on any atom is -0.395 e. The highest BCUT2D eigenvalue weighted by atomic mass is 19.4. The van der Waals surface area contributed by atoms with Crippen LogP contribution in [0.4, 0.5) is 13.2 Å². The van der Waals surface area contributed by atoms with Gasteiger partial charge in [-0.3, -0.25) is 14.8 Å². The van der Waals surface area contributed by atoms with E-state index in [0.29, 0.717) is 11.6 Å². The number of nitrogens with two attached hydrogens (primary N) is 1. The lowest BCUT2D eigenvalue weighted by Gasteiger charge is -2.09. The summed E-state index contributed by atoms with van der Waals surface area (Å²) in [5.41, 5.74) is 7.55. The zero-order chi connectivity index (χ0) is 21.9. The van der Waals surface area contributed by atoms with Gasteiger partial charge in [-0.05, 0) is 30.7 Å². The van der Waals surface area contributed by atoms with Crippen molar-refractivity contribution in [3.05, 3.63) is 77.6 Å². The Hall–Kier alpha value is -3.68. The first kappa shape index (κ1) is 21.0. The molecule has 0 aliphatic carbocycles. The molecule has 0 radical (unpaired) electrons. The lowest BCUT2D eigenvalue weighted by atomic mass is 10.0. The van der Waals surface area contributed by atoms with E-state index >= 15 is 0 Å². The molecule has 30 heavy (non-hydrogen) atoms. The van der Waals surface area contributed by atoms with Crippen molar-refractivity contribution in [1.82, 2.24) is 10.3 Å². The number of fused-ring (bicyclic) bond motifs is 1. The molecule has 0 saturated heterocycles. The first-order valence-corrected chi connectivity index (χ1v) is 8.97.